The molecular formula is C18H24F3N3O4. The monoisotopic (exact) mass is 403 g/mol. The van der Waals surface area contributed by atoms with Crippen LogP contribution < -0.4 is 5.32 Å². The number of nitrogens with zero attached hydrogens (tertiary/aromatic N) is 2. The minimum Gasteiger partial charge on any atom is -0.444 e. The molecule has 156 valence electrons. The number of rotatable bonds is 5. The molecule has 2 heterocycles. The van der Waals surface area contributed by atoms with Crippen LogP contribution in [0.4, 0.5) is 18.0 Å². The van der Waals surface area contributed by atoms with Gasteiger partial charge in [0, 0.05) is 19.3 Å². The molecule has 2 rings (SSSR count). The first kappa shape index (κ1) is 21.9. The first-order valence-electron chi connectivity index (χ1n) is 8.81. The third-order valence-electron chi connectivity index (χ3n) is 3.88. The van der Waals surface area contributed by atoms with Gasteiger partial charge in [0.1, 0.15) is 12.2 Å². The highest BCUT2D eigenvalue weighted by atomic mass is 19.4. The topological polar surface area (TPSA) is 80.8 Å². The number of hydrogen-bond donors (Lipinski definition) is 1. The molecule has 1 fully saturated rings. The molecule has 28 heavy (non-hydrogen) atoms. The van der Waals surface area contributed by atoms with Crippen LogP contribution in [0.1, 0.15) is 38.4 Å². The zero-order valence-corrected chi connectivity index (χ0v) is 16.0. The van der Waals surface area contributed by atoms with E-state index >= 15 is 0 Å². The van der Waals surface area contributed by atoms with E-state index in [1.54, 1.807) is 20.8 Å². The summed E-state index contributed by atoms with van der Waals surface area (Å²) in [5.74, 6) is -0.305. The fraction of sp³-hybridized carbons (Fsp3) is 0.611. The van der Waals surface area contributed by atoms with Crippen LogP contribution in [-0.2, 0) is 27.1 Å². The normalized spacial score (nSPS) is 17.5. The summed E-state index contributed by atoms with van der Waals surface area (Å²) in [5, 5.41) is 2.71. The van der Waals surface area contributed by atoms with Crippen LogP contribution in [-0.4, -0.2) is 53.2 Å². The number of hydrogen-bond acceptors (Lipinski definition) is 5. The standard InChI is InChI=1S/C18H24F3N3O4/c1-17(2,3)28-16(26)23-13-5-7-24(9-13)15(25)11-27-10-14-8-12(4-6-22-14)18(19,20)21/h4,6,8,13H,5,7,9-11H2,1-3H3,(H,23,26)/t13-/m0/s1. The lowest BCUT2D eigenvalue weighted by atomic mass is 10.2. The van der Waals surface area contributed by atoms with Crippen molar-refractivity contribution in [1.29, 1.82) is 0 Å². The fourth-order valence-electron chi connectivity index (χ4n) is 2.65. The smallest absolute Gasteiger partial charge is 0.416 e. The Hall–Kier alpha value is -2.36. The number of alkyl carbamates (subject to hydrolysis) is 1. The molecule has 7 nitrogen and oxygen atoms in total. The van der Waals surface area contributed by atoms with E-state index in [0.717, 1.165) is 18.3 Å². The van der Waals surface area contributed by atoms with Gasteiger partial charge in [0.2, 0.25) is 5.91 Å². The van der Waals surface area contributed by atoms with Crippen molar-refractivity contribution in [3.8, 4) is 0 Å². The number of nitrogens with one attached hydrogen (secondary N) is 1. The molecule has 0 aliphatic carbocycles. The molecule has 1 aliphatic rings. The summed E-state index contributed by atoms with van der Waals surface area (Å²) in [4.78, 5) is 29.3. The van der Waals surface area contributed by atoms with Crippen molar-refractivity contribution in [2.75, 3.05) is 19.7 Å². The second-order valence-corrected chi connectivity index (χ2v) is 7.50. The zero-order valence-electron chi connectivity index (χ0n) is 16.0. The van der Waals surface area contributed by atoms with Gasteiger partial charge in [-0.2, -0.15) is 13.2 Å². The SMILES string of the molecule is CC(C)(C)OC(=O)N[C@H]1CCN(C(=O)COCc2cc(C(F)(F)F)ccn2)C1. The van der Waals surface area contributed by atoms with Gasteiger partial charge in [0.25, 0.3) is 0 Å². The van der Waals surface area contributed by atoms with Crippen LogP contribution in [0.15, 0.2) is 18.3 Å². The summed E-state index contributed by atoms with van der Waals surface area (Å²) >= 11 is 0. The highest BCUT2D eigenvalue weighted by Gasteiger charge is 2.31. The van der Waals surface area contributed by atoms with E-state index in [1.807, 2.05) is 0 Å². The largest absolute Gasteiger partial charge is 0.444 e. The van der Waals surface area contributed by atoms with Crippen LogP contribution in [0.3, 0.4) is 0 Å². The number of pyridine rings is 1. The summed E-state index contributed by atoms with van der Waals surface area (Å²) in [6, 6.07) is 1.54. The van der Waals surface area contributed by atoms with Crippen LogP contribution in [0, 0.1) is 0 Å². The Balaban J connectivity index is 1.75. The van der Waals surface area contributed by atoms with Crippen molar-refractivity contribution in [2.24, 2.45) is 0 Å². The summed E-state index contributed by atoms with van der Waals surface area (Å²) in [6.07, 6.45) is -3.37. The lowest BCUT2D eigenvalue weighted by Crippen LogP contribution is -2.41. The van der Waals surface area contributed by atoms with Gasteiger partial charge in [-0.05, 0) is 39.3 Å². The molecule has 1 N–H and O–H groups in total. The summed E-state index contributed by atoms with van der Waals surface area (Å²) in [7, 11) is 0. The minimum absolute atomic E-state index is 0.0912. The van der Waals surface area contributed by atoms with Gasteiger partial charge in [-0.25, -0.2) is 4.79 Å². The van der Waals surface area contributed by atoms with Gasteiger partial charge in [-0.3, -0.25) is 9.78 Å². The maximum atomic E-state index is 12.7. The maximum Gasteiger partial charge on any atom is 0.416 e. The van der Waals surface area contributed by atoms with Gasteiger partial charge >= 0.3 is 12.3 Å². The first-order valence-corrected chi connectivity index (χ1v) is 8.81. The van der Waals surface area contributed by atoms with Gasteiger partial charge in [-0.1, -0.05) is 0 Å². The van der Waals surface area contributed by atoms with Crippen molar-refractivity contribution in [1.82, 2.24) is 15.2 Å². The van der Waals surface area contributed by atoms with E-state index in [-0.39, 0.29) is 30.9 Å². The molecule has 0 bridgehead atoms. The van der Waals surface area contributed by atoms with E-state index in [0.29, 0.717) is 19.5 Å². The second kappa shape index (κ2) is 8.76. The molecule has 2 amide bonds. The Bertz CT molecular complexity index is 704. The molecular weight excluding hydrogens is 379 g/mol. The average molecular weight is 403 g/mol. The molecule has 0 radical (unpaired) electrons. The number of carbonyl (C=O) groups is 2. The van der Waals surface area contributed by atoms with Crippen molar-refractivity contribution in [2.45, 2.75) is 51.6 Å². The maximum absolute atomic E-state index is 12.7. The molecule has 1 aromatic heterocycles. The van der Waals surface area contributed by atoms with Crippen LogP contribution >= 0.6 is 0 Å². The number of aromatic nitrogens is 1. The Kier molecular flexibility index (Phi) is 6.87. The third-order valence-corrected chi connectivity index (χ3v) is 3.88. The molecule has 1 aliphatic heterocycles. The number of carbonyl (C=O) groups excluding carboxylic acids is 2. The Morgan fingerprint density at radius 3 is 2.68 bits per heavy atom. The van der Waals surface area contributed by atoms with E-state index in [4.69, 9.17) is 9.47 Å². The molecule has 1 aromatic rings. The highest BCUT2D eigenvalue weighted by molar-refractivity contribution is 5.78. The number of likely N-dealkylation sites (tertiary alicyclic amines) is 1. The quantitative estimate of drug-likeness (QED) is 0.818. The molecule has 1 saturated heterocycles. The molecule has 1 atom stereocenters. The molecule has 0 spiro atoms. The van der Waals surface area contributed by atoms with Crippen LogP contribution in [0.2, 0.25) is 0 Å². The van der Waals surface area contributed by atoms with Gasteiger partial charge in [0.15, 0.2) is 0 Å². The predicted octanol–water partition coefficient (Wildman–Crippen LogP) is 2.74. The number of ether oxygens (including phenoxy) is 2. The van der Waals surface area contributed by atoms with Gasteiger partial charge < -0.3 is 19.7 Å². The van der Waals surface area contributed by atoms with E-state index < -0.39 is 23.4 Å². The van der Waals surface area contributed by atoms with Crippen molar-refractivity contribution < 1.29 is 32.2 Å². The van der Waals surface area contributed by atoms with E-state index in [1.165, 1.54) is 4.90 Å². The number of halogens is 3. The summed E-state index contributed by atoms with van der Waals surface area (Å²) in [6.45, 7) is 5.56. The Labute approximate surface area is 161 Å². The zero-order chi connectivity index (χ0) is 20.9. The fourth-order valence-corrected chi connectivity index (χ4v) is 2.65. The molecule has 0 unspecified atom stereocenters. The summed E-state index contributed by atoms with van der Waals surface area (Å²) < 4.78 is 48.4. The lowest BCUT2D eigenvalue weighted by Gasteiger charge is -2.22. The van der Waals surface area contributed by atoms with Gasteiger partial charge in [0.05, 0.1) is 23.9 Å². The summed E-state index contributed by atoms with van der Waals surface area (Å²) in [5.41, 5.74) is -1.33. The second-order valence-electron chi connectivity index (χ2n) is 7.50. The highest BCUT2D eigenvalue weighted by Crippen LogP contribution is 2.29. The average Bonchev–Trinajstić information content (AvgIpc) is 3.01. The molecule has 0 aromatic carbocycles. The Morgan fingerprint density at radius 1 is 1.32 bits per heavy atom. The predicted molar refractivity (Wildman–Crippen MR) is 93.2 cm³/mol. The van der Waals surface area contributed by atoms with E-state index in [2.05, 4.69) is 10.3 Å². The number of amides is 2. The first-order chi connectivity index (χ1) is 12.9. The third kappa shape index (κ3) is 6.99. The molecule has 0 saturated carbocycles. The Morgan fingerprint density at radius 2 is 2.04 bits per heavy atom. The minimum atomic E-state index is -4.46. The number of alkyl halides is 3. The van der Waals surface area contributed by atoms with Crippen molar-refractivity contribution >= 4 is 12.0 Å². The van der Waals surface area contributed by atoms with Crippen molar-refractivity contribution in [3.05, 3.63) is 29.6 Å². The van der Waals surface area contributed by atoms with Gasteiger partial charge in [-0.15, -0.1) is 0 Å². The lowest BCUT2D eigenvalue weighted by molar-refractivity contribution is -0.138. The van der Waals surface area contributed by atoms with E-state index in [9.17, 15) is 22.8 Å². The molecule has 10 heteroatoms. The van der Waals surface area contributed by atoms with Crippen molar-refractivity contribution in [3.63, 3.8) is 0 Å². The van der Waals surface area contributed by atoms with Crippen LogP contribution in [0.5, 0.6) is 0 Å². The van der Waals surface area contributed by atoms with Crippen LogP contribution in [0.25, 0.3) is 0 Å².